The number of non-ortho nitro benzene ring substituents is 1. The maximum atomic E-state index is 11.3. The van der Waals surface area contributed by atoms with E-state index in [0.29, 0.717) is 5.56 Å². The van der Waals surface area contributed by atoms with Gasteiger partial charge in [0.15, 0.2) is 6.19 Å². The number of carbonyl (C=O) groups excluding carboxylic acids is 1. The van der Waals surface area contributed by atoms with Gasteiger partial charge in [-0.15, -0.1) is 0 Å². The fourth-order valence-corrected chi connectivity index (χ4v) is 1.20. The molecule has 82 valence electrons. The Hall–Kier alpha value is -2.42. The summed E-state index contributed by atoms with van der Waals surface area (Å²) in [5.74, 6) is -0.947. The standard InChI is InChI=1S/C10H9N3O3/c1-7(10(14)12-6-11)8-2-4-9(5-3-8)13(15)16/h2-5,7H,1H3,(H,12,14). The van der Waals surface area contributed by atoms with E-state index >= 15 is 0 Å². The molecule has 1 aromatic rings. The molecule has 1 atom stereocenters. The molecule has 0 aromatic heterocycles. The number of nitro benzene ring substituents is 1. The first-order chi connectivity index (χ1) is 7.56. The van der Waals surface area contributed by atoms with Crippen molar-refractivity contribution in [2.24, 2.45) is 0 Å². The van der Waals surface area contributed by atoms with Crippen LogP contribution in [0.1, 0.15) is 18.4 Å². The molecular formula is C10H9N3O3. The third-order valence-electron chi connectivity index (χ3n) is 2.18. The molecule has 6 nitrogen and oxygen atoms in total. The Kier molecular flexibility index (Phi) is 3.56. The van der Waals surface area contributed by atoms with Gasteiger partial charge < -0.3 is 0 Å². The lowest BCUT2D eigenvalue weighted by atomic mass is 10.0. The van der Waals surface area contributed by atoms with E-state index in [1.165, 1.54) is 30.5 Å². The molecule has 0 spiro atoms. The van der Waals surface area contributed by atoms with Crippen LogP contribution in [0.4, 0.5) is 5.69 Å². The Morgan fingerprint density at radius 3 is 2.50 bits per heavy atom. The van der Waals surface area contributed by atoms with E-state index in [0.717, 1.165) is 0 Å². The van der Waals surface area contributed by atoms with Crippen molar-refractivity contribution in [3.05, 3.63) is 39.9 Å². The van der Waals surface area contributed by atoms with Crippen LogP contribution in [0.3, 0.4) is 0 Å². The summed E-state index contributed by atoms with van der Waals surface area (Å²) in [5, 5.41) is 20.7. The lowest BCUT2D eigenvalue weighted by Gasteiger charge is -2.08. The second-order valence-electron chi connectivity index (χ2n) is 3.17. The van der Waals surface area contributed by atoms with Crippen LogP contribution in [0.15, 0.2) is 24.3 Å². The van der Waals surface area contributed by atoms with E-state index in [1.54, 1.807) is 6.92 Å². The second-order valence-corrected chi connectivity index (χ2v) is 3.17. The largest absolute Gasteiger partial charge is 0.273 e. The number of hydrogen-bond donors (Lipinski definition) is 1. The van der Waals surface area contributed by atoms with Crippen LogP contribution in [0.2, 0.25) is 0 Å². The van der Waals surface area contributed by atoms with E-state index in [9.17, 15) is 14.9 Å². The van der Waals surface area contributed by atoms with Crippen LogP contribution >= 0.6 is 0 Å². The summed E-state index contributed by atoms with van der Waals surface area (Å²) in [6.07, 6.45) is 1.54. The summed E-state index contributed by atoms with van der Waals surface area (Å²) in [6, 6.07) is 5.65. The topological polar surface area (TPSA) is 96.0 Å². The Bertz CT molecular complexity index is 447. The number of hydrogen-bond acceptors (Lipinski definition) is 4. The SMILES string of the molecule is CC(C(=O)NC#N)c1ccc([N+](=O)[O-])cc1. The molecule has 6 heteroatoms. The van der Waals surface area contributed by atoms with Crippen LogP contribution in [0.25, 0.3) is 0 Å². The second kappa shape index (κ2) is 4.89. The summed E-state index contributed by atoms with van der Waals surface area (Å²) >= 11 is 0. The molecule has 0 saturated carbocycles. The summed E-state index contributed by atoms with van der Waals surface area (Å²) in [4.78, 5) is 21.2. The lowest BCUT2D eigenvalue weighted by Crippen LogP contribution is -2.23. The number of carbonyl (C=O) groups is 1. The van der Waals surface area contributed by atoms with Crippen LogP contribution in [-0.2, 0) is 4.79 Å². The van der Waals surface area contributed by atoms with Gasteiger partial charge >= 0.3 is 0 Å². The monoisotopic (exact) mass is 219 g/mol. The van der Waals surface area contributed by atoms with E-state index < -0.39 is 16.7 Å². The smallest absolute Gasteiger partial charge is 0.269 e. The number of rotatable bonds is 3. The highest BCUT2D eigenvalue weighted by Crippen LogP contribution is 2.19. The molecule has 16 heavy (non-hydrogen) atoms. The van der Waals surface area contributed by atoms with Crippen LogP contribution in [-0.4, -0.2) is 10.8 Å². The molecule has 0 fully saturated rings. The number of nitrogens with one attached hydrogen (secondary N) is 1. The van der Waals surface area contributed by atoms with E-state index in [2.05, 4.69) is 0 Å². The van der Waals surface area contributed by atoms with Gasteiger partial charge in [-0.1, -0.05) is 12.1 Å². The number of nitriles is 1. The predicted molar refractivity (Wildman–Crippen MR) is 55.3 cm³/mol. The molecule has 0 aliphatic rings. The predicted octanol–water partition coefficient (Wildman–Crippen LogP) is 1.30. The maximum absolute atomic E-state index is 11.3. The van der Waals surface area contributed by atoms with E-state index in [-0.39, 0.29) is 5.69 Å². The van der Waals surface area contributed by atoms with Crippen LogP contribution < -0.4 is 5.32 Å². The molecule has 0 saturated heterocycles. The van der Waals surface area contributed by atoms with Crippen molar-refractivity contribution in [3.8, 4) is 6.19 Å². The van der Waals surface area contributed by atoms with Crippen molar-refractivity contribution in [3.63, 3.8) is 0 Å². The number of amides is 1. The van der Waals surface area contributed by atoms with E-state index in [1.807, 2.05) is 5.32 Å². The first kappa shape index (κ1) is 11.7. The van der Waals surface area contributed by atoms with Crippen molar-refractivity contribution in [1.82, 2.24) is 5.32 Å². The number of nitrogens with zero attached hydrogens (tertiary/aromatic N) is 2. The molecule has 1 unspecified atom stereocenters. The van der Waals surface area contributed by atoms with Crippen LogP contribution in [0.5, 0.6) is 0 Å². The van der Waals surface area contributed by atoms with Gasteiger partial charge in [-0.25, -0.2) is 0 Å². The van der Waals surface area contributed by atoms with Crippen LogP contribution in [0, 0.1) is 21.6 Å². The third kappa shape index (κ3) is 2.54. The molecular weight excluding hydrogens is 210 g/mol. The Morgan fingerprint density at radius 2 is 2.06 bits per heavy atom. The highest BCUT2D eigenvalue weighted by Gasteiger charge is 2.15. The minimum Gasteiger partial charge on any atom is -0.273 e. The van der Waals surface area contributed by atoms with Gasteiger partial charge in [0.05, 0.1) is 10.8 Å². The lowest BCUT2D eigenvalue weighted by molar-refractivity contribution is -0.384. The molecule has 0 aliphatic heterocycles. The molecule has 1 rings (SSSR count). The Labute approximate surface area is 91.6 Å². The first-order valence-corrected chi connectivity index (χ1v) is 4.49. The minimum atomic E-state index is -0.513. The minimum absolute atomic E-state index is 0.0309. The molecule has 1 aromatic carbocycles. The molecule has 1 amide bonds. The Morgan fingerprint density at radius 1 is 1.50 bits per heavy atom. The Balaban J connectivity index is 2.86. The first-order valence-electron chi connectivity index (χ1n) is 4.49. The number of benzene rings is 1. The fraction of sp³-hybridized carbons (Fsp3) is 0.200. The average molecular weight is 219 g/mol. The highest BCUT2D eigenvalue weighted by molar-refractivity contribution is 5.84. The van der Waals surface area contributed by atoms with Gasteiger partial charge in [0.1, 0.15) is 0 Å². The quantitative estimate of drug-likeness (QED) is 0.358. The molecule has 0 bridgehead atoms. The zero-order valence-corrected chi connectivity index (χ0v) is 8.51. The summed E-state index contributed by atoms with van der Waals surface area (Å²) in [6.45, 7) is 1.62. The van der Waals surface area contributed by atoms with Crippen molar-refractivity contribution < 1.29 is 9.72 Å². The van der Waals surface area contributed by atoms with Gasteiger partial charge in [-0.2, -0.15) is 5.26 Å². The zero-order chi connectivity index (χ0) is 12.1. The van der Waals surface area contributed by atoms with Gasteiger partial charge in [-0.05, 0) is 12.5 Å². The van der Waals surface area contributed by atoms with Gasteiger partial charge in [0, 0.05) is 12.1 Å². The van der Waals surface area contributed by atoms with Crippen molar-refractivity contribution in [2.75, 3.05) is 0 Å². The molecule has 1 N–H and O–H groups in total. The van der Waals surface area contributed by atoms with Crippen molar-refractivity contribution in [1.29, 1.82) is 5.26 Å². The molecule has 0 radical (unpaired) electrons. The molecule has 0 heterocycles. The van der Waals surface area contributed by atoms with E-state index in [4.69, 9.17) is 5.26 Å². The normalized spacial score (nSPS) is 11.2. The van der Waals surface area contributed by atoms with Gasteiger partial charge in [0.2, 0.25) is 5.91 Å². The maximum Gasteiger partial charge on any atom is 0.269 e. The van der Waals surface area contributed by atoms with Gasteiger partial charge in [-0.3, -0.25) is 20.2 Å². The number of nitro groups is 1. The summed E-state index contributed by atoms with van der Waals surface area (Å²) in [7, 11) is 0. The van der Waals surface area contributed by atoms with Crippen molar-refractivity contribution in [2.45, 2.75) is 12.8 Å². The third-order valence-corrected chi connectivity index (χ3v) is 2.18. The molecule has 0 aliphatic carbocycles. The average Bonchev–Trinajstić information content (AvgIpc) is 2.28. The van der Waals surface area contributed by atoms with Gasteiger partial charge in [0.25, 0.3) is 5.69 Å². The summed E-state index contributed by atoms with van der Waals surface area (Å²) < 4.78 is 0. The zero-order valence-electron chi connectivity index (χ0n) is 8.51. The fourth-order valence-electron chi connectivity index (χ4n) is 1.20. The van der Waals surface area contributed by atoms with Crippen molar-refractivity contribution >= 4 is 11.6 Å². The summed E-state index contributed by atoms with van der Waals surface area (Å²) in [5.41, 5.74) is 0.593. The highest BCUT2D eigenvalue weighted by atomic mass is 16.6.